The first kappa shape index (κ1) is 24.9. The first-order valence-corrected chi connectivity index (χ1v) is 11.5. The minimum absolute atomic E-state index is 0.0170. The molecule has 0 bridgehead atoms. The highest BCUT2D eigenvalue weighted by Gasteiger charge is 2.22. The zero-order valence-corrected chi connectivity index (χ0v) is 20.8. The van der Waals surface area contributed by atoms with E-state index in [0.717, 1.165) is 15.4 Å². The lowest BCUT2D eigenvalue weighted by Gasteiger charge is -2.26. The predicted molar refractivity (Wildman–Crippen MR) is 130 cm³/mol. The Kier molecular flexibility index (Phi) is 7.92. The molecule has 0 unspecified atom stereocenters. The summed E-state index contributed by atoms with van der Waals surface area (Å²) < 4.78 is 16.6. The zero-order valence-electron chi connectivity index (χ0n) is 18.5. The van der Waals surface area contributed by atoms with Crippen LogP contribution in [0.2, 0.25) is 5.02 Å². The van der Waals surface area contributed by atoms with E-state index in [0.29, 0.717) is 5.56 Å². The summed E-state index contributed by atoms with van der Waals surface area (Å²) in [7, 11) is 0. The molecule has 33 heavy (non-hydrogen) atoms. The van der Waals surface area contributed by atoms with E-state index in [1.807, 2.05) is 32.0 Å². The summed E-state index contributed by atoms with van der Waals surface area (Å²) in [6, 6.07) is 9.86. The van der Waals surface area contributed by atoms with Crippen molar-refractivity contribution in [2.45, 2.75) is 39.9 Å². The number of fused-ring (bicyclic) bond motifs is 1. The summed E-state index contributed by atoms with van der Waals surface area (Å²) in [5.74, 6) is -1.37. The number of nitrogens with one attached hydrogen (secondary N) is 1. The van der Waals surface area contributed by atoms with E-state index in [2.05, 4.69) is 21.2 Å². The van der Waals surface area contributed by atoms with Crippen LogP contribution in [-0.4, -0.2) is 39.7 Å². The highest BCUT2D eigenvalue weighted by Crippen LogP contribution is 2.26. The van der Waals surface area contributed by atoms with Crippen molar-refractivity contribution < 1.29 is 18.8 Å². The number of carbonyl (C=O) groups excluding carboxylic acids is 3. The zero-order chi connectivity index (χ0) is 24.3. The van der Waals surface area contributed by atoms with Gasteiger partial charge in [-0.1, -0.05) is 39.7 Å². The number of hydrogen-bond acceptors (Lipinski definition) is 3. The number of nitrogens with zero attached hydrogens (tertiary/aromatic N) is 2. The molecular weight excluding hydrogens is 513 g/mol. The maximum absolute atomic E-state index is 14.0. The number of benzene rings is 2. The average Bonchev–Trinajstić information content (AvgIpc) is 3.10. The van der Waals surface area contributed by atoms with Gasteiger partial charge in [-0.3, -0.25) is 14.4 Å². The second kappa shape index (κ2) is 10.5. The SMILES string of the molecule is CC(=O)c1cn(CC(=O)N(CC(=O)NCc2cccc(Cl)c2F)C(C)C)c2ccc(Br)cc12. The van der Waals surface area contributed by atoms with Gasteiger partial charge in [-0.05, 0) is 45.0 Å². The molecule has 1 aromatic heterocycles. The van der Waals surface area contributed by atoms with Crippen molar-refractivity contribution in [2.75, 3.05) is 6.54 Å². The Balaban J connectivity index is 1.73. The highest BCUT2D eigenvalue weighted by atomic mass is 79.9. The van der Waals surface area contributed by atoms with Gasteiger partial charge in [0.05, 0.1) is 11.6 Å². The largest absolute Gasteiger partial charge is 0.350 e. The summed E-state index contributed by atoms with van der Waals surface area (Å²) in [4.78, 5) is 39.1. The van der Waals surface area contributed by atoms with E-state index in [4.69, 9.17) is 11.6 Å². The van der Waals surface area contributed by atoms with Gasteiger partial charge in [0.1, 0.15) is 12.4 Å². The molecule has 0 spiro atoms. The number of ketones is 1. The first-order valence-electron chi connectivity index (χ1n) is 10.4. The van der Waals surface area contributed by atoms with E-state index in [-0.39, 0.29) is 48.0 Å². The average molecular weight is 537 g/mol. The standard InChI is InChI=1S/C24H24BrClFN3O3/c1-14(2)30(12-22(32)28-10-16-5-4-6-20(26)24(16)27)23(33)13-29-11-19(15(3)31)18-9-17(25)7-8-21(18)29/h4-9,11,14H,10,12-13H2,1-3H3,(H,28,32). The van der Waals surface area contributed by atoms with Crippen molar-refractivity contribution in [3.05, 3.63) is 69.0 Å². The van der Waals surface area contributed by atoms with E-state index in [1.54, 1.807) is 16.8 Å². The molecule has 174 valence electrons. The van der Waals surface area contributed by atoms with E-state index in [1.165, 1.54) is 24.0 Å². The number of carbonyl (C=O) groups is 3. The summed E-state index contributed by atoms with van der Waals surface area (Å²) in [6.07, 6.45) is 1.66. The van der Waals surface area contributed by atoms with Crippen LogP contribution in [0.4, 0.5) is 4.39 Å². The van der Waals surface area contributed by atoms with Gasteiger partial charge in [-0.2, -0.15) is 0 Å². The number of Topliss-reactive ketones (excluding diaryl/α,β-unsaturated/α-hetero) is 1. The minimum Gasteiger partial charge on any atom is -0.350 e. The van der Waals surface area contributed by atoms with Gasteiger partial charge in [-0.15, -0.1) is 0 Å². The smallest absolute Gasteiger partial charge is 0.243 e. The van der Waals surface area contributed by atoms with Gasteiger partial charge in [0.25, 0.3) is 0 Å². The van der Waals surface area contributed by atoms with Crippen molar-refractivity contribution in [2.24, 2.45) is 0 Å². The summed E-state index contributed by atoms with van der Waals surface area (Å²) >= 11 is 9.19. The predicted octanol–water partition coefficient (Wildman–Crippen LogP) is 4.95. The van der Waals surface area contributed by atoms with Crippen LogP contribution in [0.3, 0.4) is 0 Å². The molecule has 1 heterocycles. The van der Waals surface area contributed by atoms with Gasteiger partial charge in [0, 0.05) is 45.3 Å². The summed E-state index contributed by atoms with van der Waals surface area (Å²) in [6.45, 7) is 4.87. The van der Waals surface area contributed by atoms with Gasteiger partial charge in [0.15, 0.2) is 5.78 Å². The second-order valence-electron chi connectivity index (χ2n) is 7.99. The second-order valence-corrected chi connectivity index (χ2v) is 9.32. The Hall–Kier alpha value is -2.71. The van der Waals surface area contributed by atoms with Crippen molar-refractivity contribution in [1.82, 2.24) is 14.8 Å². The molecule has 2 amide bonds. The van der Waals surface area contributed by atoms with Crippen molar-refractivity contribution in [1.29, 1.82) is 0 Å². The topological polar surface area (TPSA) is 71.4 Å². The molecule has 6 nitrogen and oxygen atoms in total. The van der Waals surface area contributed by atoms with E-state index >= 15 is 0 Å². The summed E-state index contributed by atoms with van der Waals surface area (Å²) in [5, 5.41) is 3.37. The molecule has 9 heteroatoms. The fourth-order valence-corrected chi connectivity index (χ4v) is 4.12. The third-order valence-electron chi connectivity index (χ3n) is 5.29. The molecule has 0 saturated carbocycles. The number of hydrogen-bond donors (Lipinski definition) is 1. The Labute approximate surface area is 204 Å². The van der Waals surface area contributed by atoms with Crippen molar-refractivity contribution >= 4 is 56.0 Å². The Morgan fingerprint density at radius 1 is 1.21 bits per heavy atom. The quantitative estimate of drug-likeness (QED) is 0.414. The maximum atomic E-state index is 14.0. The first-order chi connectivity index (χ1) is 15.6. The number of amides is 2. The lowest BCUT2D eigenvalue weighted by atomic mass is 10.1. The molecule has 0 aliphatic rings. The molecule has 3 rings (SSSR count). The van der Waals surface area contributed by atoms with Gasteiger partial charge >= 0.3 is 0 Å². The van der Waals surface area contributed by atoms with Crippen LogP contribution in [-0.2, 0) is 22.7 Å². The lowest BCUT2D eigenvalue weighted by molar-refractivity contribution is -0.138. The Morgan fingerprint density at radius 3 is 2.61 bits per heavy atom. The third-order valence-corrected chi connectivity index (χ3v) is 6.08. The molecular formula is C24H24BrClFN3O3. The van der Waals surface area contributed by atoms with Crippen LogP contribution in [0, 0.1) is 5.82 Å². The fraction of sp³-hybridized carbons (Fsp3) is 0.292. The third kappa shape index (κ3) is 5.81. The molecule has 0 fully saturated rings. The molecule has 0 radical (unpaired) electrons. The normalized spacial score (nSPS) is 11.1. The molecule has 0 atom stereocenters. The van der Waals surface area contributed by atoms with Gasteiger partial charge in [0.2, 0.25) is 11.8 Å². The van der Waals surface area contributed by atoms with Gasteiger partial charge < -0.3 is 14.8 Å². The molecule has 0 saturated heterocycles. The lowest BCUT2D eigenvalue weighted by Crippen LogP contribution is -2.45. The summed E-state index contributed by atoms with van der Waals surface area (Å²) in [5.41, 5.74) is 1.54. The monoisotopic (exact) mass is 535 g/mol. The van der Waals surface area contributed by atoms with Crippen LogP contribution >= 0.6 is 27.5 Å². The molecule has 0 aliphatic carbocycles. The van der Waals surface area contributed by atoms with E-state index < -0.39 is 11.7 Å². The van der Waals surface area contributed by atoms with E-state index in [9.17, 15) is 18.8 Å². The van der Waals surface area contributed by atoms with Crippen molar-refractivity contribution in [3.8, 4) is 0 Å². The van der Waals surface area contributed by atoms with Crippen LogP contribution in [0.15, 0.2) is 47.1 Å². The fourth-order valence-electron chi connectivity index (χ4n) is 3.57. The van der Waals surface area contributed by atoms with Crippen molar-refractivity contribution in [3.63, 3.8) is 0 Å². The molecule has 1 N–H and O–H groups in total. The van der Waals surface area contributed by atoms with Crippen LogP contribution in [0.25, 0.3) is 10.9 Å². The number of aromatic nitrogens is 1. The molecule has 2 aromatic carbocycles. The highest BCUT2D eigenvalue weighted by molar-refractivity contribution is 9.10. The maximum Gasteiger partial charge on any atom is 0.243 e. The molecule has 0 aliphatic heterocycles. The Bertz CT molecular complexity index is 1230. The number of halogens is 3. The Morgan fingerprint density at radius 2 is 1.94 bits per heavy atom. The van der Waals surface area contributed by atoms with Crippen LogP contribution < -0.4 is 5.32 Å². The van der Waals surface area contributed by atoms with Gasteiger partial charge in [-0.25, -0.2) is 4.39 Å². The number of rotatable bonds is 8. The minimum atomic E-state index is -0.580. The molecule has 3 aromatic rings. The van der Waals surface area contributed by atoms with Crippen LogP contribution in [0.1, 0.15) is 36.7 Å². The van der Waals surface area contributed by atoms with Crippen LogP contribution in [0.5, 0.6) is 0 Å².